The van der Waals surface area contributed by atoms with Crippen LogP contribution in [0, 0.1) is 0 Å². The van der Waals surface area contributed by atoms with Crippen molar-refractivity contribution < 1.29 is 19.0 Å². The van der Waals surface area contributed by atoms with Gasteiger partial charge in [-0.25, -0.2) is 4.79 Å². The second-order valence-corrected chi connectivity index (χ2v) is 14.9. The van der Waals surface area contributed by atoms with Crippen LogP contribution >= 0.6 is 46.4 Å². The molecule has 0 aliphatic carbocycles. The van der Waals surface area contributed by atoms with Crippen LogP contribution in [0.5, 0.6) is 11.5 Å². The van der Waals surface area contributed by atoms with Crippen molar-refractivity contribution in [2.75, 3.05) is 51.2 Å². The third kappa shape index (κ3) is 8.35. The van der Waals surface area contributed by atoms with Crippen molar-refractivity contribution in [3.8, 4) is 11.5 Å². The van der Waals surface area contributed by atoms with Gasteiger partial charge in [-0.05, 0) is 94.1 Å². The number of fused-ring (bicyclic) bond motifs is 1. The Morgan fingerprint density at radius 3 is 1.30 bits per heavy atom. The maximum Gasteiger partial charge on any atom is 0.341 e. The van der Waals surface area contributed by atoms with E-state index in [4.69, 9.17) is 60.6 Å². The molecule has 0 saturated carbocycles. The maximum atomic E-state index is 14.2. The van der Waals surface area contributed by atoms with E-state index in [2.05, 4.69) is 13.2 Å². The lowest BCUT2D eigenvalue weighted by molar-refractivity contribution is 0.0300. The van der Waals surface area contributed by atoms with Gasteiger partial charge in [0.05, 0.1) is 25.7 Å². The fourth-order valence-electron chi connectivity index (χ4n) is 6.44. The Labute approximate surface area is 348 Å². The molecule has 0 N–H and O–H groups in total. The first-order valence-electron chi connectivity index (χ1n) is 17.7. The summed E-state index contributed by atoms with van der Waals surface area (Å²) in [4.78, 5) is 18.2. The molecule has 1 aliphatic rings. The smallest absolute Gasteiger partial charge is 0.341 e. The highest BCUT2D eigenvalue weighted by Crippen LogP contribution is 2.53. The topological polar surface area (TPSA) is 51.2 Å². The Bertz CT molecular complexity index is 2190. The van der Waals surface area contributed by atoms with Crippen molar-refractivity contribution >= 4 is 74.9 Å². The number of carbonyl (C=O) groups is 1. The van der Waals surface area contributed by atoms with Gasteiger partial charge in [-0.15, -0.1) is 0 Å². The van der Waals surface area contributed by atoms with Gasteiger partial charge in [-0.1, -0.05) is 120 Å². The Hall–Kier alpha value is -5.11. The molecule has 0 fully saturated rings. The Kier molecular flexibility index (Phi) is 12.6. The normalized spacial score (nSPS) is 15.2. The fourth-order valence-corrected chi connectivity index (χ4v) is 7.51. The molecule has 0 bridgehead atoms. The van der Waals surface area contributed by atoms with Gasteiger partial charge in [0.25, 0.3) is 0 Å². The summed E-state index contributed by atoms with van der Waals surface area (Å²) in [6.07, 6.45) is 7.16. The van der Waals surface area contributed by atoms with Gasteiger partial charge in [0.15, 0.2) is 5.60 Å². The van der Waals surface area contributed by atoms with E-state index in [-0.39, 0.29) is 31.2 Å². The van der Waals surface area contributed by atoms with Crippen molar-refractivity contribution in [1.29, 1.82) is 0 Å². The Morgan fingerprint density at radius 1 is 0.589 bits per heavy atom. The van der Waals surface area contributed by atoms with E-state index in [9.17, 15) is 4.79 Å². The van der Waals surface area contributed by atoms with E-state index >= 15 is 0 Å². The lowest BCUT2D eigenvalue weighted by Gasteiger charge is -2.27. The summed E-state index contributed by atoms with van der Waals surface area (Å²) >= 11 is 27.3. The summed E-state index contributed by atoms with van der Waals surface area (Å²) < 4.78 is 18.2. The first-order chi connectivity index (χ1) is 26.9. The number of rotatable bonds is 14. The minimum absolute atomic E-state index is 0.00257. The van der Waals surface area contributed by atoms with Crippen molar-refractivity contribution in [2.45, 2.75) is 5.60 Å². The van der Waals surface area contributed by atoms with Gasteiger partial charge in [-0.3, -0.25) is 0 Å². The second-order valence-electron chi connectivity index (χ2n) is 13.4. The number of carbonyl (C=O) groups excluding carboxylic acids is 1. The minimum atomic E-state index is -1.66. The molecule has 0 aromatic heterocycles. The van der Waals surface area contributed by atoms with Crippen molar-refractivity contribution in [3.05, 3.63) is 188 Å². The number of anilines is 2. The number of ether oxygens (including phenoxy) is 3. The van der Waals surface area contributed by atoms with Crippen LogP contribution in [0.15, 0.2) is 135 Å². The lowest BCUT2D eigenvalue weighted by atomic mass is 9.83. The SMILES string of the molecule is C=CCOc1ccc(C(=CC2(C=C(c3ccc(OCC=C)cc3)c3ccc(N(C)C)cc3)OC(=O)c3c(Cl)c(Cl)c(Cl)c(Cl)c32)c2ccc(N(C)C)cc2)cc1. The molecule has 5 aromatic rings. The third-order valence-electron chi connectivity index (χ3n) is 9.30. The molecular weight excluding hydrogens is 786 g/mol. The van der Waals surface area contributed by atoms with Gasteiger partial charge < -0.3 is 24.0 Å². The molecule has 1 aliphatic heterocycles. The molecule has 0 atom stereocenters. The van der Waals surface area contributed by atoms with E-state index in [0.29, 0.717) is 24.7 Å². The predicted molar refractivity (Wildman–Crippen MR) is 234 cm³/mol. The number of hydrogen-bond acceptors (Lipinski definition) is 6. The van der Waals surface area contributed by atoms with Crippen LogP contribution in [0.25, 0.3) is 11.1 Å². The molecule has 0 radical (unpaired) electrons. The standard InChI is InChI=1S/C46H40Cl4N2O4/c1-7-25-54-35-21-13-31(14-22-35)37(29-9-17-33(18-10-29)51(3)4)27-46(40-39(45(53)56-46)41(47)43(49)44(50)42(40)48)28-38(30-11-19-34(20-12-30)52(5)6)32-15-23-36(24-16-32)55-26-8-2/h7-24,27-28H,1-2,25-26H2,3-6H3. The summed E-state index contributed by atoms with van der Waals surface area (Å²) in [6, 6.07) is 31.5. The van der Waals surface area contributed by atoms with E-state index < -0.39 is 11.6 Å². The molecule has 0 unspecified atom stereocenters. The van der Waals surface area contributed by atoms with Crippen LogP contribution in [-0.2, 0) is 10.3 Å². The van der Waals surface area contributed by atoms with Gasteiger partial charge in [0.2, 0.25) is 0 Å². The van der Waals surface area contributed by atoms with Crippen molar-refractivity contribution in [3.63, 3.8) is 0 Å². The highest BCUT2D eigenvalue weighted by Gasteiger charge is 2.48. The van der Waals surface area contributed by atoms with Gasteiger partial charge >= 0.3 is 5.97 Å². The summed E-state index contributed by atoms with van der Waals surface area (Å²) in [5.41, 5.74) is 5.43. The molecule has 5 aromatic carbocycles. The fraction of sp³-hybridized carbons (Fsp3) is 0.152. The van der Waals surface area contributed by atoms with Crippen LogP contribution in [0.4, 0.5) is 11.4 Å². The minimum Gasteiger partial charge on any atom is -0.490 e. The van der Waals surface area contributed by atoms with Crippen LogP contribution in [-0.4, -0.2) is 47.4 Å². The largest absolute Gasteiger partial charge is 0.490 e. The van der Waals surface area contributed by atoms with E-state index in [1.807, 2.05) is 147 Å². The Morgan fingerprint density at radius 2 is 0.946 bits per heavy atom. The second kappa shape index (κ2) is 17.4. The van der Waals surface area contributed by atoms with E-state index in [1.54, 1.807) is 12.2 Å². The van der Waals surface area contributed by atoms with Gasteiger partial charge in [0, 0.05) is 45.1 Å². The van der Waals surface area contributed by atoms with E-state index in [1.165, 1.54) is 0 Å². The van der Waals surface area contributed by atoms with Crippen LogP contribution in [0.2, 0.25) is 20.1 Å². The highest BCUT2D eigenvalue weighted by molar-refractivity contribution is 6.53. The number of benzene rings is 5. The lowest BCUT2D eigenvalue weighted by Crippen LogP contribution is -2.23. The molecule has 0 spiro atoms. The van der Waals surface area contributed by atoms with Gasteiger partial charge in [0.1, 0.15) is 24.7 Å². The van der Waals surface area contributed by atoms with Crippen LogP contribution < -0.4 is 19.3 Å². The first kappa shape index (κ1) is 40.6. The first-order valence-corrected chi connectivity index (χ1v) is 19.2. The monoisotopic (exact) mass is 824 g/mol. The summed E-state index contributed by atoms with van der Waals surface area (Å²) in [5.74, 6) is 0.635. The maximum absolute atomic E-state index is 14.2. The average molecular weight is 827 g/mol. The van der Waals surface area contributed by atoms with Gasteiger partial charge in [-0.2, -0.15) is 0 Å². The molecule has 286 valence electrons. The quantitative estimate of drug-likeness (QED) is 0.0481. The predicted octanol–water partition coefficient (Wildman–Crippen LogP) is 12.2. The summed E-state index contributed by atoms with van der Waals surface area (Å²) in [7, 11) is 7.92. The van der Waals surface area contributed by atoms with Crippen molar-refractivity contribution in [2.24, 2.45) is 0 Å². The molecule has 1 heterocycles. The highest BCUT2D eigenvalue weighted by atomic mass is 35.5. The zero-order valence-corrected chi connectivity index (χ0v) is 34.4. The number of halogens is 4. The van der Waals surface area contributed by atoms with Crippen molar-refractivity contribution in [1.82, 2.24) is 0 Å². The van der Waals surface area contributed by atoms with Crippen LogP contribution in [0.1, 0.15) is 38.2 Å². The molecule has 0 amide bonds. The Balaban J connectivity index is 1.70. The molecule has 56 heavy (non-hydrogen) atoms. The van der Waals surface area contributed by atoms with Crippen LogP contribution in [0.3, 0.4) is 0 Å². The molecule has 6 nitrogen and oxygen atoms in total. The molecule has 0 saturated heterocycles. The average Bonchev–Trinajstić information content (AvgIpc) is 3.50. The molecular formula is C46H40Cl4N2O4. The molecule has 6 rings (SSSR count). The number of hydrogen-bond donors (Lipinski definition) is 0. The zero-order chi connectivity index (χ0) is 40.1. The third-order valence-corrected chi connectivity index (χ3v) is 11.1. The number of esters is 1. The number of nitrogens with zero attached hydrogens (tertiary/aromatic N) is 2. The zero-order valence-electron chi connectivity index (χ0n) is 31.4. The summed E-state index contributed by atoms with van der Waals surface area (Å²) in [5, 5.41) is -0.0453. The van der Waals surface area contributed by atoms with E-state index in [0.717, 1.165) is 44.8 Å². The summed E-state index contributed by atoms with van der Waals surface area (Å²) in [6.45, 7) is 8.23. The number of cyclic esters (lactones) is 1. The molecule has 10 heteroatoms.